The molecule has 124 valence electrons. The molecule has 4 heteroatoms. The van der Waals surface area contributed by atoms with Gasteiger partial charge in [-0.25, -0.2) is 0 Å². The molecule has 0 aromatic heterocycles. The van der Waals surface area contributed by atoms with Gasteiger partial charge in [0.2, 0.25) is 11.8 Å². The maximum atomic E-state index is 12.4. The van der Waals surface area contributed by atoms with Gasteiger partial charge in [0, 0.05) is 25.2 Å². The molecule has 0 spiro atoms. The van der Waals surface area contributed by atoms with E-state index in [-0.39, 0.29) is 24.2 Å². The van der Waals surface area contributed by atoms with E-state index in [0.29, 0.717) is 13.1 Å². The van der Waals surface area contributed by atoms with Gasteiger partial charge in [-0.05, 0) is 42.7 Å². The van der Waals surface area contributed by atoms with E-state index < -0.39 is 0 Å². The van der Waals surface area contributed by atoms with Crippen LogP contribution in [0.4, 0.5) is 5.69 Å². The predicted molar refractivity (Wildman–Crippen MR) is 94.7 cm³/mol. The first kappa shape index (κ1) is 16.2. The third kappa shape index (κ3) is 3.48. The number of carbonyl (C=O) groups is 2. The molecule has 0 aliphatic carbocycles. The van der Waals surface area contributed by atoms with Crippen molar-refractivity contribution in [1.29, 1.82) is 0 Å². The van der Waals surface area contributed by atoms with Crippen molar-refractivity contribution in [2.24, 2.45) is 5.92 Å². The number of hydrogen-bond donors (Lipinski definition) is 1. The van der Waals surface area contributed by atoms with Gasteiger partial charge in [0.05, 0.1) is 5.92 Å². The minimum atomic E-state index is -0.290. The Bertz CT molecular complexity index is 770. The monoisotopic (exact) mass is 322 g/mol. The van der Waals surface area contributed by atoms with Crippen molar-refractivity contribution < 1.29 is 9.59 Å². The van der Waals surface area contributed by atoms with E-state index in [4.69, 9.17) is 0 Å². The van der Waals surface area contributed by atoms with Crippen molar-refractivity contribution in [3.05, 3.63) is 65.2 Å². The number of benzene rings is 2. The molecule has 0 radical (unpaired) electrons. The summed E-state index contributed by atoms with van der Waals surface area (Å²) in [6, 6.07) is 15.8. The third-order valence-electron chi connectivity index (χ3n) is 4.52. The quantitative estimate of drug-likeness (QED) is 0.941. The smallest absolute Gasteiger partial charge is 0.227 e. The lowest BCUT2D eigenvalue weighted by atomic mass is 10.1. The average molecular weight is 322 g/mol. The van der Waals surface area contributed by atoms with Crippen molar-refractivity contribution in [1.82, 2.24) is 5.32 Å². The van der Waals surface area contributed by atoms with E-state index in [1.54, 1.807) is 4.90 Å². The Balaban J connectivity index is 1.63. The zero-order valence-corrected chi connectivity index (χ0v) is 14.1. The van der Waals surface area contributed by atoms with Gasteiger partial charge >= 0.3 is 0 Å². The Morgan fingerprint density at radius 2 is 1.96 bits per heavy atom. The summed E-state index contributed by atoms with van der Waals surface area (Å²) >= 11 is 0. The van der Waals surface area contributed by atoms with Gasteiger partial charge in [0.1, 0.15) is 0 Å². The van der Waals surface area contributed by atoms with Gasteiger partial charge in [-0.2, -0.15) is 0 Å². The lowest BCUT2D eigenvalue weighted by Crippen LogP contribution is -2.32. The first-order valence-corrected chi connectivity index (χ1v) is 8.24. The average Bonchev–Trinajstić information content (AvgIpc) is 2.96. The number of aryl methyl sites for hydroxylation is 2. The van der Waals surface area contributed by atoms with Gasteiger partial charge in [-0.15, -0.1) is 0 Å². The number of carbonyl (C=O) groups excluding carboxylic acids is 2. The molecule has 2 aromatic carbocycles. The molecular formula is C20H22N2O2. The SMILES string of the molecule is Cc1cccc(N2C[C@H](C(=O)NCc3ccccc3C)CC2=O)c1. The van der Waals surface area contributed by atoms with Crippen molar-refractivity contribution in [3.8, 4) is 0 Å². The first-order chi connectivity index (χ1) is 11.5. The van der Waals surface area contributed by atoms with Crippen LogP contribution in [0, 0.1) is 19.8 Å². The summed E-state index contributed by atoms with van der Waals surface area (Å²) in [7, 11) is 0. The second-order valence-electron chi connectivity index (χ2n) is 6.39. The summed E-state index contributed by atoms with van der Waals surface area (Å²) in [5.41, 5.74) is 4.23. The van der Waals surface area contributed by atoms with E-state index in [9.17, 15) is 9.59 Å². The highest BCUT2D eigenvalue weighted by atomic mass is 16.2. The number of anilines is 1. The molecular weight excluding hydrogens is 300 g/mol. The van der Waals surface area contributed by atoms with Crippen LogP contribution < -0.4 is 10.2 Å². The van der Waals surface area contributed by atoms with Crippen LogP contribution in [0.5, 0.6) is 0 Å². The summed E-state index contributed by atoms with van der Waals surface area (Å²) < 4.78 is 0. The highest BCUT2D eigenvalue weighted by Gasteiger charge is 2.34. The summed E-state index contributed by atoms with van der Waals surface area (Å²) in [5, 5.41) is 2.97. The van der Waals surface area contributed by atoms with Gasteiger partial charge < -0.3 is 10.2 Å². The van der Waals surface area contributed by atoms with Crippen molar-refractivity contribution >= 4 is 17.5 Å². The maximum Gasteiger partial charge on any atom is 0.227 e. The molecule has 24 heavy (non-hydrogen) atoms. The zero-order chi connectivity index (χ0) is 17.1. The highest BCUT2D eigenvalue weighted by Crippen LogP contribution is 2.26. The Morgan fingerprint density at radius 3 is 2.71 bits per heavy atom. The Morgan fingerprint density at radius 1 is 1.17 bits per heavy atom. The maximum absolute atomic E-state index is 12.4. The molecule has 1 fully saturated rings. The van der Waals surface area contributed by atoms with Gasteiger partial charge in [0.15, 0.2) is 0 Å². The minimum Gasteiger partial charge on any atom is -0.352 e. The van der Waals surface area contributed by atoms with E-state index in [2.05, 4.69) is 5.32 Å². The van der Waals surface area contributed by atoms with Crippen LogP contribution in [-0.4, -0.2) is 18.4 Å². The molecule has 1 aliphatic heterocycles. The Kier molecular flexibility index (Phi) is 4.65. The topological polar surface area (TPSA) is 49.4 Å². The molecule has 2 amide bonds. The summed E-state index contributed by atoms with van der Waals surface area (Å²) in [5.74, 6) is -0.333. The molecule has 4 nitrogen and oxygen atoms in total. The molecule has 2 aromatic rings. The van der Waals surface area contributed by atoms with Crippen molar-refractivity contribution in [3.63, 3.8) is 0 Å². The van der Waals surface area contributed by atoms with Crippen LogP contribution in [0.15, 0.2) is 48.5 Å². The Labute approximate surface area is 142 Å². The standard InChI is InChI=1S/C20H22N2O2/c1-14-6-5-9-18(10-14)22-13-17(11-19(22)23)20(24)21-12-16-8-4-3-7-15(16)2/h3-10,17H,11-13H2,1-2H3,(H,21,24)/t17-/m1/s1. The fraction of sp³-hybridized carbons (Fsp3) is 0.300. The van der Waals surface area contributed by atoms with Crippen LogP contribution in [0.3, 0.4) is 0 Å². The number of amides is 2. The van der Waals surface area contributed by atoms with Crippen LogP contribution in [-0.2, 0) is 16.1 Å². The molecule has 0 bridgehead atoms. The van der Waals surface area contributed by atoms with E-state index in [1.165, 1.54) is 0 Å². The number of hydrogen-bond acceptors (Lipinski definition) is 2. The predicted octanol–water partition coefficient (Wildman–Crippen LogP) is 2.97. The summed E-state index contributed by atoms with van der Waals surface area (Å²) in [6.45, 7) is 4.97. The number of nitrogens with zero attached hydrogens (tertiary/aromatic N) is 1. The molecule has 1 saturated heterocycles. The van der Waals surface area contributed by atoms with Crippen molar-refractivity contribution in [2.45, 2.75) is 26.8 Å². The minimum absolute atomic E-state index is 0.0108. The summed E-state index contributed by atoms with van der Waals surface area (Å²) in [4.78, 5) is 26.4. The highest BCUT2D eigenvalue weighted by molar-refractivity contribution is 6.00. The first-order valence-electron chi connectivity index (χ1n) is 8.24. The van der Waals surface area contributed by atoms with Crippen molar-refractivity contribution in [2.75, 3.05) is 11.4 Å². The Hall–Kier alpha value is -2.62. The van der Waals surface area contributed by atoms with Crippen LogP contribution >= 0.6 is 0 Å². The van der Waals surface area contributed by atoms with E-state index in [1.807, 2.05) is 62.4 Å². The molecule has 1 N–H and O–H groups in total. The molecule has 1 heterocycles. The van der Waals surface area contributed by atoms with Gasteiger partial charge in [0.25, 0.3) is 0 Å². The lowest BCUT2D eigenvalue weighted by Gasteiger charge is -2.17. The molecule has 1 atom stereocenters. The third-order valence-corrected chi connectivity index (χ3v) is 4.52. The molecule has 3 rings (SSSR count). The van der Waals surface area contributed by atoms with Crippen LogP contribution in [0.1, 0.15) is 23.1 Å². The lowest BCUT2D eigenvalue weighted by molar-refractivity contribution is -0.126. The molecule has 1 aliphatic rings. The van der Waals surface area contributed by atoms with Crippen LogP contribution in [0.25, 0.3) is 0 Å². The van der Waals surface area contributed by atoms with E-state index >= 15 is 0 Å². The van der Waals surface area contributed by atoms with Crippen LogP contribution in [0.2, 0.25) is 0 Å². The second kappa shape index (κ2) is 6.87. The van der Waals surface area contributed by atoms with Gasteiger partial charge in [-0.3, -0.25) is 9.59 Å². The molecule has 0 unspecified atom stereocenters. The fourth-order valence-corrected chi connectivity index (χ4v) is 3.06. The van der Waals surface area contributed by atoms with Gasteiger partial charge in [-0.1, -0.05) is 36.4 Å². The van der Waals surface area contributed by atoms with E-state index in [0.717, 1.165) is 22.4 Å². The second-order valence-corrected chi connectivity index (χ2v) is 6.39. The normalized spacial score (nSPS) is 17.2. The molecule has 0 saturated carbocycles. The largest absolute Gasteiger partial charge is 0.352 e. The number of nitrogens with one attached hydrogen (secondary N) is 1. The fourth-order valence-electron chi connectivity index (χ4n) is 3.06. The number of rotatable bonds is 4. The zero-order valence-electron chi connectivity index (χ0n) is 14.1. The summed E-state index contributed by atoms with van der Waals surface area (Å²) in [6.07, 6.45) is 0.271.